The van der Waals surface area contributed by atoms with E-state index in [9.17, 15) is 0 Å². The van der Waals surface area contributed by atoms with Crippen LogP contribution in [0.4, 0.5) is 0 Å². The van der Waals surface area contributed by atoms with Gasteiger partial charge in [0.2, 0.25) is 0 Å². The van der Waals surface area contributed by atoms with Gasteiger partial charge in [-0.3, -0.25) is 0 Å². The van der Waals surface area contributed by atoms with Crippen LogP contribution in [0.2, 0.25) is 0 Å². The van der Waals surface area contributed by atoms with Gasteiger partial charge in [0.05, 0.1) is 16.7 Å². The summed E-state index contributed by atoms with van der Waals surface area (Å²) in [4.78, 5) is 14.8. The Morgan fingerprint density at radius 3 is 1.40 bits per heavy atom. The first kappa shape index (κ1) is 29.5. The van der Waals surface area contributed by atoms with Crippen molar-refractivity contribution in [3.05, 3.63) is 182 Å². The third-order valence-corrected chi connectivity index (χ3v) is 10.6. The largest absolute Gasteiger partial charge is 0.309 e. The maximum absolute atomic E-state index is 4.96. The van der Waals surface area contributed by atoms with Crippen molar-refractivity contribution in [3.63, 3.8) is 0 Å². The summed E-state index contributed by atoms with van der Waals surface area (Å²) in [6, 6.07) is 64.5. The van der Waals surface area contributed by atoms with Crippen molar-refractivity contribution in [3.8, 4) is 73.2 Å². The smallest absolute Gasteiger partial charge is 0.164 e. The average Bonchev–Trinajstić information content (AvgIpc) is 3.52. The molecule has 0 saturated carbocycles. The Hall–Kier alpha value is -7.17. The molecule has 8 aromatic carbocycles. The molecule has 10 aromatic rings. The predicted molar refractivity (Wildman–Crippen MR) is 218 cm³/mol. The molecule has 246 valence electrons. The lowest BCUT2D eigenvalue weighted by molar-refractivity contribution is 1.07. The Balaban J connectivity index is 1.09. The van der Waals surface area contributed by atoms with E-state index in [0.717, 1.165) is 33.5 Å². The van der Waals surface area contributed by atoms with Crippen LogP contribution in [0.1, 0.15) is 0 Å². The second-order valence-electron chi connectivity index (χ2n) is 13.6. The number of fused-ring (bicyclic) bond motifs is 3. The lowest BCUT2D eigenvalue weighted by Crippen LogP contribution is -2.00. The maximum atomic E-state index is 4.96. The zero-order valence-corrected chi connectivity index (χ0v) is 28.6. The topological polar surface area (TPSA) is 43.6 Å². The van der Waals surface area contributed by atoms with E-state index in [4.69, 9.17) is 15.0 Å². The fourth-order valence-corrected chi connectivity index (χ4v) is 8.24. The number of benzene rings is 8. The highest BCUT2D eigenvalue weighted by molar-refractivity contribution is 6.30. The molecule has 0 saturated heterocycles. The molecular formula is C49H30N4. The molecule has 2 aromatic heterocycles. The summed E-state index contributed by atoms with van der Waals surface area (Å²) in [6.45, 7) is 0. The Morgan fingerprint density at radius 1 is 0.283 bits per heavy atom. The first-order valence-corrected chi connectivity index (χ1v) is 18.0. The van der Waals surface area contributed by atoms with Crippen LogP contribution in [0.25, 0.3) is 106 Å². The van der Waals surface area contributed by atoms with Crippen molar-refractivity contribution in [2.75, 3.05) is 0 Å². The summed E-state index contributed by atoms with van der Waals surface area (Å²) in [7, 11) is 0. The van der Waals surface area contributed by atoms with Gasteiger partial charge in [-0.15, -0.1) is 0 Å². The highest BCUT2D eigenvalue weighted by Gasteiger charge is 2.25. The zero-order valence-electron chi connectivity index (χ0n) is 28.6. The third kappa shape index (κ3) is 4.59. The SMILES string of the molecule is c1ccc(-c2nc(-c3ccccc3)nc(-c3ccc(-c4ccccc4-n4c5cccc6c5c5c7c(cccc7ccc54)-c4ccccc4-6)cc3)n2)cc1. The fourth-order valence-electron chi connectivity index (χ4n) is 8.24. The minimum atomic E-state index is 0.643. The van der Waals surface area contributed by atoms with Crippen molar-refractivity contribution >= 4 is 32.6 Å². The van der Waals surface area contributed by atoms with Crippen molar-refractivity contribution < 1.29 is 0 Å². The molecule has 0 unspecified atom stereocenters. The highest BCUT2D eigenvalue weighted by Crippen LogP contribution is 2.50. The number of nitrogens with zero attached hydrogens (tertiary/aromatic N) is 4. The van der Waals surface area contributed by atoms with Gasteiger partial charge in [-0.2, -0.15) is 0 Å². The Bertz CT molecular complexity index is 2980. The first-order valence-electron chi connectivity index (χ1n) is 18.0. The minimum absolute atomic E-state index is 0.643. The van der Waals surface area contributed by atoms with Gasteiger partial charge < -0.3 is 4.57 Å². The highest BCUT2D eigenvalue weighted by atomic mass is 15.0. The van der Waals surface area contributed by atoms with Crippen LogP contribution in [0.5, 0.6) is 0 Å². The summed E-state index contributed by atoms with van der Waals surface area (Å²) < 4.78 is 2.46. The van der Waals surface area contributed by atoms with E-state index in [-0.39, 0.29) is 0 Å². The fraction of sp³-hybridized carbons (Fsp3) is 0. The normalized spacial score (nSPS) is 11.8. The van der Waals surface area contributed by atoms with Gasteiger partial charge in [0.15, 0.2) is 17.5 Å². The molecular weight excluding hydrogens is 645 g/mol. The second-order valence-corrected chi connectivity index (χ2v) is 13.6. The molecule has 0 aliphatic heterocycles. The summed E-state index contributed by atoms with van der Waals surface area (Å²) >= 11 is 0. The summed E-state index contributed by atoms with van der Waals surface area (Å²) in [5, 5.41) is 5.18. The van der Waals surface area contributed by atoms with Crippen LogP contribution in [0.15, 0.2) is 182 Å². The maximum Gasteiger partial charge on any atom is 0.164 e. The van der Waals surface area contributed by atoms with Crippen LogP contribution in [-0.2, 0) is 0 Å². The quantitative estimate of drug-likeness (QED) is 0.182. The Morgan fingerprint density at radius 2 is 0.755 bits per heavy atom. The van der Waals surface area contributed by atoms with Gasteiger partial charge in [0, 0.05) is 33.0 Å². The molecule has 4 nitrogen and oxygen atoms in total. The van der Waals surface area contributed by atoms with Crippen molar-refractivity contribution in [1.82, 2.24) is 19.5 Å². The number of hydrogen-bond acceptors (Lipinski definition) is 3. The molecule has 0 N–H and O–H groups in total. The van der Waals surface area contributed by atoms with Gasteiger partial charge in [-0.05, 0) is 56.8 Å². The van der Waals surface area contributed by atoms with E-state index in [1.165, 1.54) is 54.8 Å². The molecule has 0 bridgehead atoms. The van der Waals surface area contributed by atoms with Crippen molar-refractivity contribution in [1.29, 1.82) is 0 Å². The standard InChI is InChI=1S/C49H30N4/c1-3-13-33(14-4-1)47-50-48(34-15-5-2-6-16-34)52-49(51-47)35-27-25-31(26-28-35)36-18-9-10-23-41(36)53-42-24-12-22-40-38-20-8-7-19-37(38)39-21-11-17-32-29-30-43(53)46(44(32)39)45(40)42/h1-30H. The lowest BCUT2D eigenvalue weighted by Gasteiger charge is -2.16. The summed E-state index contributed by atoms with van der Waals surface area (Å²) in [5.74, 6) is 1.95. The molecule has 0 radical (unpaired) electrons. The molecule has 4 heteroatoms. The molecule has 11 rings (SSSR count). The van der Waals surface area contributed by atoms with Crippen LogP contribution in [0.3, 0.4) is 0 Å². The molecule has 0 spiro atoms. The van der Waals surface area contributed by atoms with E-state index in [1.807, 2.05) is 60.7 Å². The second kappa shape index (κ2) is 11.7. The van der Waals surface area contributed by atoms with Gasteiger partial charge in [0.1, 0.15) is 0 Å². The lowest BCUT2D eigenvalue weighted by atomic mass is 9.93. The monoisotopic (exact) mass is 674 g/mol. The zero-order chi connectivity index (χ0) is 34.9. The third-order valence-electron chi connectivity index (χ3n) is 10.6. The first-order chi connectivity index (χ1) is 26.3. The Kier molecular flexibility index (Phi) is 6.52. The molecule has 53 heavy (non-hydrogen) atoms. The van der Waals surface area contributed by atoms with E-state index in [2.05, 4.69) is 126 Å². The average molecular weight is 675 g/mol. The number of rotatable bonds is 5. The number of para-hydroxylation sites is 1. The molecule has 0 amide bonds. The van der Waals surface area contributed by atoms with E-state index >= 15 is 0 Å². The van der Waals surface area contributed by atoms with E-state index < -0.39 is 0 Å². The predicted octanol–water partition coefficient (Wildman–Crippen LogP) is 12.4. The van der Waals surface area contributed by atoms with Crippen LogP contribution < -0.4 is 0 Å². The molecule has 1 aliphatic carbocycles. The van der Waals surface area contributed by atoms with Crippen molar-refractivity contribution in [2.45, 2.75) is 0 Å². The van der Waals surface area contributed by atoms with Crippen LogP contribution in [-0.4, -0.2) is 19.5 Å². The molecule has 2 heterocycles. The van der Waals surface area contributed by atoms with Gasteiger partial charge in [-0.25, -0.2) is 15.0 Å². The van der Waals surface area contributed by atoms with Crippen molar-refractivity contribution in [2.24, 2.45) is 0 Å². The van der Waals surface area contributed by atoms with E-state index in [1.54, 1.807) is 0 Å². The summed E-state index contributed by atoms with van der Waals surface area (Å²) in [6.07, 6.45) is 0. The van der Waals surface area contributed by atoms with Crippen LogP contribution in [0, 0.1) is 0 Å². The minimum Gasteiger partial charge on any atom is -0.309 e. The van der Waals surface area contributed by atoms with Gasteiger partial charge in [-0.1, -0.05) is 164 Å². The Labute approximate surface area is 306 Å². The molecule has 0 fully saturated rings. The van der Waals surface area contributed by atoms with Gasteiger partial charge in [0.25, 0.3) is 0 Å². The van der Waals surface area contributed by atoms with Gasteiger partial charge >= 0.3 is 0 Å². The summed E-state index contributed by atoms with van der Waals surface area (Å²) in [5.41, 5.74) is 13.8. The molecule has 0 atom stereocenters. The number of hydrogen-bond donors (Lipinski definition) is 0. The van der Waals surface area contributed by atoms with E-state index in [0.29, 0.717) is 17.5 Å². The molecule has 1 aliphatic rings. The number of aromatic nitrogens is 4. The van der Waals surface area contributed by atoms with Crippen LogP contribution >= 0.6 is 0 Å².